The molecular weight excluding hydrogens is 382 g/mol. The van der Waals surface area contributed by atoms with E-state index in [1.54, 1.807) is 11.8 Å². The summed E-state index contributed by atoms with van der Waals surface area (Å²) < 4.78 is 3.16. The minimum Gasteiger partial charge on any atom is -0.305 e. The van der Waals surface area contributed by atoms with Crippen LogP contribution in [0.4, 0.5) is 0 Å². The van der Waals surface area contributed by atoms with Crippen LogP contribution in [0.2, 0.25) is 0 Å². The molecule has 2 aromatic carbocycles. The van der Waals surface area contributed by atoms with Crippen LogP contribution in [0.1, 0.15) is 30.9 Å². The Labute approximate surface area is 155 Å². The van der Waals surface area contributed by atoms with Gasteiger partial charge in [-0.3, -0.25) is 0 Å². The molecule has 0 saturated carbocycles. The van der Waals surface area contributed by atoms with E-state index in [4.69, 9.17) is 0 Å². The molecule has 0 N–H and O–H groups in total. The highest BCUT2D eigenvalue weighted by atomic mass is 79.9. The van der Waals surface area contributed by atoms with Crippen molar-refractivity contribution < 1.29 is 0 Å². The van der Waals surface area contributed by atoms with Gasteiger partial charge >= 0.3 is 0 Å². The number of hydrogen-bond acceptors (Lipinski definition) is 3. The number of nitrogens with zero attached hydrogens (tertiary/aromatic N) is 3. The molecule has 1 heterocycles. The molecule has 0 bridgehead atoms. The molecule has 0 unspecified atom stereocenters. The molecule has 0 radical (unpaired) electrons. The van der Waals surface area contributed by atoms with Crippen molar-refractivity contribution in [3.05, 3.63) is 64.1 Å². The lowest BCUT2D eigenvalue weighted by Gasteiger charge is -2.07. The van der Waals surface area contributed by atoms with Gasteiger partial charge in [0.2, 0.25) is 0 Å². The number of halogens is 1. The third-order valence-electron chi connectivity index (χ3n) is 3.93. The van der Waals surface area contributed by atoms with Crippen LogP contribution in [0, 0.1) is 0 Å². The summed E-state index contributed by atoms with van der Waals surface area (Å²) in [5, 5.41) is 9.65. The average molecular weight is 402 g/mol. The standard InChI is InChI=1S/C19H20BrN3S/c1-13(2)15-7-9-16(10-8-15)18-21-22-19(23(18)3)24-12-14-5-4-6-17(20)11-14/h4-11,13H,12H2,1-3H3. The Morgan fingerprint density at radius 1 is 1.08 bits per heavy atom. The molecule has 3 rings (SSSR count). The molecule has 0 aliphatic rings. The third kappa shape index (κ3) is 3.90. The van der Waals surface area contributed by atoms with Gasteiger partial charge in [-0.05, 0) is 29.2 Å². The second-order valence-electron chi connectivity index (χ2n) is 6.06. The van der Waals surface area contributed by atoms with E-state index < -0.39 is 0 Å². The maximum Gasteiger partial charge on any atom is 0.191 e. The van der Waals surface area contributed by atoms with Crippen molar-refractivity contribution >= 4 is 27.7 Å². The Hall–Kier alpha value is -1.59. The summed E-state index contributed by atoms with van der Waals surface area (Å²) in [6.45, 7) is 4.40. The van der Waals surface area contributed by atoms with Gasteiger partial charge in [-0.2, -0.15) is 0 Å². The minimum atomic E-state index is 0.537. The highest BCUT2D eigenvalue weighted by Crippen LogP contribution is 2.27. The summed E-state index contributed by atoms with van der Waals surface area (Å²) in [5.41, 5.74) is 3.70. The van der Waals surface area contributed by atoms with E-state index in [1.165, 1.54) is 11.1 Å². The third-order valence-corrected chi connectivity index (χ3v) is 5.51. The number of rotatable bonds is 5. The lowest BCUT2D eigenvalue weighted by Crippen LogP contribution is -1.95. The topological polar surface area (TPSA) is 30.7 Å². The molecule has 3 aromatic rings. The molecule has 5 heteroatoms. The zero-order valence-electron chi connectivity index (χ0n) is 14.0. The lowest BCUT2D eigenvalue weighted by atomic mass is 10.0. The fraction of sp³-hybridized carbons (Fsp3) is 0.263. The van der Waals surface area contributed by atoms with Crippen molar-refractivity contribution in [1.29, 1.82) is 0 Å². The largest absolute Gasteiger partial charge is 0.305 e. The summed E-state index contributed by atoms with van der Waals surface area (Å²) in [6.07, 6.45) is 0. The number of thioether (sulfide) groups is 1. The minimum absolute atomic E-state index is 0.537. The van der Waals surface area contributed by atoms with Crippen LogP contribution < -0.4 is 0 Å². The average Bonchev–Trinajstić information content (AvgIpc) is 2.94. The first-order valence-electron chi connectivity index (χ1n) is 7.91. The molecule has 24 heavy (non-hydrogen) atoms. The predicted molar refractivity (Wildman–Crippen MR) is 104 cm³/mol. The van der Waals surface area contributed by atoms with Crippen LogP contribution in [-0.4, -0.2) is 14.8 Å². The molecule has 124 valence electrons. The lowest BCUT2D eigenvalue weighted by molar-refractivity contribution is 0.793. The van der Waals surface area contributed by atoms with Gasteiger partial charge < -0.3 is 4.57 Å². The summed E-state index contributed by atoms with van der Waals surface area (Å²) >= 11 is 5.21. The van der Waals surface area contributed by atoms with Gasteiger partial charge in [0.05, 0.1) is 0 Å². The number of hydrogen-bond donors (Lipinski definition) is 0. The Balaban J connectivity index is 1.76. The maximum absolute atomic E-state index is 4.37. The predicted octanol–water partition coefficient (Wildman–Crippen LogP) is 5.66. The molecule has 0 saturated heterocycles. The van der Waals surface area contributed by atoms with Crippen LogP contribution in [0.15, 0.2) is 58.2 Å². The van der Waals surface area contributed by atoms with Crippen LogP contribution in [0.25, 0.3) is 11.4 Å². The first-order valence-corrected chi connectivity index (χ1v) is 9.69. The van der Waals surface area contributed by atoms with Crippen molar-refractivity contribution in [3.63, 3.8) is 0 Å². The van der Waals surface area contributed by atoms with E-state index in [0.717, 1.165) is 26.8 Å². The molecule has 0 atom stereocenters. The van der Waals surface area contributed by atoms with Gasteiger partial charge in [0, 0.05) is 22.8 Å². The van der Waals surface area contributed by atoms with E-state index in [1.807, 2.05) is 13.1 Å². The van der Waals surface area contributed by atoms with Crippen LogP contribution in [0.5, 0.6) is 0 Å². The molecule has 0 fully saturated rings. The van der Waals surface area contributed by atoms with Crippen LogP contribution in [-0.2, 0) is 12.8 Å². The highest BCUT2D eigenvalue weighted by Gasteiger charge is 2.12. The summed E-state index contributed by atoms with van der Waals surface area (Å²) in [5.74, 6) is 2.31. The van der Waals surface area contributed by atoms with E-state index in [-0.39, 0.29) is 0 Å². The van der Waals surface area contributed by atoms with Gasteiger partial charge in [0.25, 0.3) is 0 Å². The SMILES string of the molecule is CC(C)c1ccc(-c2nnc(SCc3cccc(Br)c3)n2C)cc1. The van der Waals surface area contributed by atoms with Crippen molar-refractivity contribution in [2.24, 2.45) is 7.05 Å². The molecule has 0 spiro atoms. The molecule has 3 nitrogen and oxygen atoms in total. The Morgan fingerprint density at radius 2 is 1.83 bits per heavy atom. The number of aromatic nitrogens is 3. The summed E-state index contributed by atoms with van der Waals surface area (Å²) in [7, 11) is 2.02. The van der Waals surface area contributed by atoms with E-state index in [9.17, 15) is 0 Å². The van der Waals surface area contributed by atoms with Gasteiger partial charge in [-0.25, -0.2) is 0 Å². The monoisotopic (exact) mass is 401 g/mol. The molecular formula is C19H20BrN3S. The van der Waals surface area contributed by atoms with Gasteiger partial charge in [-0.15, -0.1) is 10.2 Å². The molecule has 0 aliphatic carbocycles. The summed E-state index contributed by atoms with van der Waals surface area (Å²) in [6, 6.07) is 16.9. The van der Waals surface area contributed by atoms with Gasteiger partial charge in [0.15, 0.2) is 11.0 Å². The summed E-state index contributed by atoms with van der Waals surface area (Å²) in [4.78, 5) is 0. The number of benzene rings is 2. The van der Waals surface area contributed by atoms with E-state index in [2.05, 4.69) is 87.0 Å². The maximum atomic E-state index is 4.37. The van der Waals surface area contributed by atoms with Crippen molar-refractivity contribution in [1.82, 2.24) is 14.8 Å². The Morgan fingerprint density at radius 3 is 2.50 bits per heavy atom. The second-order valence-corrected chi connectivity index (χ2v) is 7.92. The van der Waals surface area contributed by atoms with E-state index >= 15 is 0 Å². The van der Waals surface area contributed by atoms with E-state index in [0.29, 0.717) is 5.92 Å². The quantitative estimate of drug-likeness (QED) is 0.516. The Kier molecular flexibility index (Phi) is 5.41. The van der Waals surface area contributed by atoms with Gasteiger partial charge in [-0.1, -0.05) is 77.9 Å². The van der Waals surface area contributed by atoms with Gasteiger partial charge in [0.1, 0.15) is 0 Å². The fourth-order valence-corrected chi connectivity index (χ4v) is 3.78. The van der Waals surface area contributed by atoms with Crippen LogP contribution >= 0.6 is 27.7 Å². The second kappa shape index (κ2) is 7.53. The van der Waals surface area contributed by atoms with Crippen molar-refractivity contribution in [2.45, 2.75) is 30.7 Å². The highest BCUT2D eigenvalue weighted by molar-refractivity contribution is 9.10. The Bertz CT molecular complexity index is 825. The fourth-order valence-electron chi connectivity index (χ4n) is 2.48. The normalized spacial score (nSPS) is 11.2. The van der Waals surface area contributed by atoms with Crippen molar-refractivity contribution in [3.8, 4) is 11.4 Å². The zero-order chi connectivity index (χ0) is 17.1. The van der Waals surface area contributed by atoms with Crippen LogP contribution in [0.3, 0.4) is 0 Å². The van der Waals surface area contributed by atoms with Crippen molar-refractivity contribution in [2.75, 3.05) is 0 Å². The first kappa shape index (κ1) is 17.2. The molecule has 1 aromatic heterocycles. The molecule has 0 amide bonds. The smallest absolute Gasteiger partial charge is 0.191 e. The molecule has 0 aliphatic heterocycles. The zero-order valence-corrected chi connectivity index (χ0v) is 16.4. The first-order chi connectivity index (χ1) is 11.5.